The van der Waals surface area contributed by atoms with E-state index in [1.54, 1.807) is 6.08 Å². The number of nitrogens with zero attached hydrogens (tertiary/aromatic N) is 1. The van der Waals surface area contributed by atoms with Crippen molar-refractivity contribution in [2.45, 2.75) is 31.5 Å². The van der Waals surface area contributed by atoms with Gasteiger partial charge in [-0.1, -0.05) is 12.2 Å². The molecule has 0 radical (unpaired) electrons. The molecule has 1 saturated carbocycles. The molecule has 0 aliphatic heterocycles. The van der Waals surface area contributed by atoms with E-state index >= 15 is 0 Å². The van der Waals surface area contributed by atoms with Gasteiger partial charge < -0.3 is 5.32 Å². The summed E-state index contributed by atoms with van der Waals surface area (Å²) in [6.07, 6.45) is 4.47. The number of hydrogen-bond donors (Lipinski definition) is 1. The van der Waals surface area contributed by atoms with Crippen molar-refractivity contribution in [3.63, 3.8) is 0 Å². The van der Waals surface area contributed by atoms with Crippen molar-refractivity contribution in [2.75, 3.05) is 6.54 Å². The Bertz CT molecular complexity index is 422. The normalized spacial score (nSPS) is 16.4. The zero-order valence-electron chi connectivity index (χ0n) is 9.87. The van der Waals surface area contributed by atoms with Crippen LogP contribution in [0.4, 0.5) is 13.2 Å². The number of hydrogen-bond acceptors (Lipinski definition) is 2. The molecule has 0 amide bonds. The number of pyridine rings is 1. The summed E-state index contributed by atoms with van der Waals surface area (Å²) in [5.74, 6) is 0. The summed E-state index contributed by atoms with van der Waals surface area (Å²) in [5, 5.41) is 3.30. The molecule has 18 heavy (non-hydrogen) atoms. The minimum absolute atomic E-state index is 0.122. The second kappa shape index (κ2) is 5.52. The van der Waals surface area contributed by atoms with Gasteiger partial charge in [0.05, 0.1) is 5.56 Å². The molecular weight excluding hydrogens is 241 g/mol. The van der Waals surface area contributed by atoms with Gasteiger partial charge in [-0.15, -0.1) is 0 Å². The molecule has 2 rings (SSSR count). The van der Waals surface area contributed by atoms with Crippen LogP contribution in [0, 0.1) is 0 Å². The highest BCUT2D eigenvalue weighted by molar-refractivity contribution is 5.53. The highest BCUT2D eigenvalue weighted by atomic mass is 19.4. The second-order valence-corrected chi connectivity index (χ2v) is 4.38. The van der Waals surface area contributed by atoms with E-state index in [2.05, 4.69) is 10.3 Å². The summed E-state index contributed by atoms with van der Waals surface area (Å²) in [7, 11) is 0. The lowest BCUT2D eigenvalue weighted by atomic mass is 10.1. The number of nitrogens with one attached hydrogen (secondary N) is 1. The Labute approximate surface area is 104 Å². The maximum absolute atomic E-state index is 12.7. The SMILES string of the molecule is FC(F)(F)c1ccncc1/C=C/CCNC1CC1. The average Bonchev–Trinajstić information content (AvgIpc) is 3.12. The van der Waals surface area contributed by atoms with Crippen molar-refractivity contribution < 1.29 is 13.2 Å². The minimum Gasteiger partial charge on any atom is -0.314 e. The van der Waals surface area contributed by atoms with Crippen LogP contribution in [-0.2, 0) is 6.18 Å². The van der Waals surface area contributed by atoms with Gasteiger partial charge in [-0.3, -0.25) is 4.98 Å². The van der Waals surface area contributed by atoms with Crippen molar-refractivity contribution >= 4 is 6.08 Å². The lowest BCUT2D eigenvalue weighted by Crippen LogP contribution is -2.16. The largest absolute Gasteiger partial charge is 0.417 e. The minimum atomic E-state index is -4.32. The molecule has 1 N–H and O–H groups in total. The van der Waals surface area contributed by atoms with Crippen LogP contribution >= 0.6 is 0 Å². The molecular formula is C13H15F3N2. The molecule has 1 aliphatic rings. The molecule has 0 saturated heterocycles. The van der Waals surface area contributed by atoms with Crippen LogP contribution in [0.3, 0.4) is 0 Å². The third-order valence-corrected chi connectivity index (χ3v) is 2.78. The van der Waals surface area contributed by atoms with Crippen molar-refractivity contribution in [1.29, 1.82) is 0 Å². The molecule has 1 fully saturated rings. The van der Waals surface area contributed by atoms with Gasteiger partial charge in [0.1, 0.15) is 0 Å². The highest BCUT2D eigenvalue weighted by Crippen LogP contribution is 2.31. The fourth-order valence-electron chi connectivity index (χ4n) is 1.67. The van der Waals surface area contributed by atoms with Crippen LogP contribution < -0.4 is 5.32 Å². The molecule has 98 valence electrons. The van der Waals surface area contributed by atoms with E-state index in [9.17, 15) is 13.2 Å². The van der Waals surface area contributed by atoms with E-state index in [-0.39, 0.29) is 5.56 Å². The first kappa shape index (κ1) is 13.1. The fraction of sp³-hybridized carbons (Fsp3) is 0.462. The van der Waals surface area contributed by atoms with Gasteiger partial charge in [0.15, 0.2) is 0 Å². The summed E-state index contributed by atoms with van der Waals surface area (Å²) in [6, 6.07) is 1.63. The standard InChI is InChI=1S/C13H15F3N2/c14-13(15,16)12-6-8-17-9-10(12)3-1-2-7-18-11-4-5-11/h1,3,6,8-9,11,18H,2,4-5,7H2/b3-1+. The van der Waals surface area contributed by atoms with E-state index in [4.69, 9.17) is 0 Å². The maximum Gasteiger partial charge on any atom is 0.417 e. The van der Waals surface area contributed by atoms with E-state index in [0.29, 0.717) is 6.04 Å². The molecule has 0 bridgehead atoms. The van der Waals surface area contributed by atoms with Gasteiger partial charge >= 0.3 is 6.18 Å². The van der Waals surface area contributed by atoms with Crippen LogP contribution in [0.1, 0.15) is 30.4 Å². The van der Waals surface area contributed by atoms with Gasteiger partial charge in [-0.25, -0.2) is 0 Å². The van der Waals surface area contributed by atoms with E-state index in [1.165, 1.54) is 25.1 Å². The summed E-state index contributed by atoms with van der Waals surface area (Å²) in [4.78, 5) is 3.73. The van der Waals surface area contributed by atoms with Crippen molar-refractivity contribution in [1.82, 2.24) is 10.3 Å². The average molecular weight is 256 g/mol. The smallest absolute Gasteiger partial charge is 0.314 e. The monoisotopic (exact) mass is 256 g/mol. The first-order valence-electron chi connectivity index (χ1n) is 5.98. The van der Waals surface area contributed by atoms with E-state index in [1.807, 2.05) is 0 Å². The van der Waals surface area contributed by atoms with Crippen molar-refractivity contribution in [3.8, 4) is 0 Å². The Morgan fingerprint density at radius 2 is 2.17 bits per heavy atom. The molecule has 0 spiro atoms. The first-order valence-corrected chi connectivity index (χ1v) is 5.98. The third-order valence-electron chi connectivity index (χ3n) is 2.78. The Morgan fingerprint density at radius 3 is 2.83 bits per heavy atom. The molecule has 1 aliphatic carbocycles. The second-order valence-electron chi connectivity index (χ2n) is 4.38. The quantitative estimate of drug-likeness (QED) is 0.818. The lowest BCUT2D eigenvalue weighted by Gasteiger charge is -2.09. The summed E-state index contributed by atoms with van der Waals surface area (Å²) < 4.78 is 38.0. The first-order chi connectivity index (χ1) is 8.57. The molecule has 1 aromatic heterocycles. The Hall–Kier alpha value is -1.36. The van der Waals surface area contributed by atoms with Gasteiger partial charge in [0.25, 0.3) is 0 Å². The zero-order valence-corrected chi connectivity index (χ0v) is 9.87. The van der Waals surface area contributed by atoms with Gasteiger partial charge in [0.2, 0.25) is 0 Å². The van der Waals surface area contributed by atoms with Crippen molar-refractivity contribution in [2.24, 2.45) is 0 Å². The van der Waals surface area contributed by atoms with Crippen LogP contribution in [0.15, 0.2) is 24.5 Å². The van der Waals surface area contributed by atoms with Gasteiger partial charge in [-0.2, -0.15) is 13.2 Å². The predicted molar refractivity (Wildman–Crippen MR) is 63.9 cm³/mol. The van der Waals surface area contributed by atoms with Gasteiger partial charge in [0, 0.05) is 24.0 Å². The van der Waals surface area contributed by atoms with E-state index in [0.717, 1.165) is 25.2 Å². The molecule has 2 nitrogen and oxygen atoms in total. The topological polar surface area (TPSA) is 24.9 Å². The molecule has 0 unspecified atom stereocenters. The molecule has 0 aromatic carbocycles. The predicted octanol–water partition coefficient (Wildman–Crippen LogP) is 3.26. The van der Waals surface area contributed by atoms with E-state index < -0.39 is 11.7 Å². The van der Waals surface area contributed by atoms with Crippen LogP contribution in [0.5, 0.6) is 0 Å². The third kappa shape index (κ3) is 3.84. The van der Waals surface area contributed by atoms with Crippen LogP contribution in [-0.4, -0.2) is 17.6 Å². The number of rotatable bonds is 5. The highest BCUT2D eigenvalue weighted by Gasteiger charge is 2.32. The Balaban J connectivity index is 1.92. The molecule has 1 heterocycles. The summed E-state index contributed by atoms with van der Waals surface area (Å²) >= 11 is 0. The summed E-state index contributed by atoms with van der Waals surface area (Å²) in [5.41, 5.74) is -0.514. The molecule has 5 heteroatoms. The zero-order chi connectivity index (χ0) is 13.0. The maximum atomic E-state index is 12.7. The Morgan fingerprint density at radius 1 is 1.39 bits per heavy atom. The molecule has 1 aromatic rings. The number of alkyl halides is 3. The van der Waals surface area contributed by atoms with Crippen LogP contribution in [0.25, 0.3) is 6.08 Å². The number of halogens is 3. The number of aromatic nitrogens is 1. The Kier molecular flexibility index (Phi) is 4.01. The van der Waals surface area contributed by atoms with Crippen LogP contribution in [0.2, 0.25) is 0 Å². The lowest BCUT2D eigenvalue weighted by molar-refractivity contribution is -0.137. The fourth-order valence-corrected chi connectivity index (χ4v) is 1.67. The van der Waals surface area contributed by atoms with Crippen molar-refractivity contribution in [3.05, 3.63) is 35.7 Å². The summed E-state index contributed by atoms with van der Waals surface area (Å²) in [6.45, 7) is 0.808. The van der Waals surface area contributed by atoms with Gasteiger partial charge in [-0.05, 0) is 31.9 Å². The molecule has 0 atom stereocenters.